The van der Waals surface area contributed by atoms with E-state index in [1.807, 2.05) is 25.1 Å². The second-order valence-electron chi connectivity index (χ2n) is 4.75. The summed E-state index contributed by atoms with van der Waals surface area (Å²) in [6, 6.07) is 10.4. The fraction of sp³-hybridized carbons (Fsp3) is 0.412. The van der Waals surface area contributed by atoms with Gasteiger partial charge in [-0.15, -0.1) is 11.3 Å². The van der Waals surface area contributed by atoms with Crippen LogP contribution in [0.2, 0.25) is 0 Å². The molecule has 4 heteroatoms. The lowest BCUT2D eigenvalue weighted by Crippen LogP contribution is -2.22. The van der Waals surface area contributed by atoms with Gasteiger partial charge in [-0.25, -0.2) is 0 Å². The molecule has 0 fully saturated rings. The lowest BCUT2D eigenvalue weighted by atomic mass is 10.0. The fourth-order valence-electron chi connectivity index (χ4n) is 2.29. The number of hydrogen-bond donors (Lipinski definition) is 1. The Morgan fingerprint density at radius 3 is 2.81 bits per heavy atom. The van der Waals surface area contributed by atoms with Gasteiger partial charge in [0.15, 0.2) is 0 Å². The van der Waals surface area contributed by atoms with Crippen LogP contribution in [0.15, 0.2) is 35.7 Å². The van der Waals surface area contributed by atoms with Crippen LogP contribution in [0.4, 0.5) is 0 Å². The lowest BCUT2D eigenvalue weighted by Gasteiger charge is -2.20. The zero-order valence-electron chi connectivity index (χ0n) is 12.9. The standard InChI is InChI=1S/C17H23NO2S/c1-4-10-18-16(17-15(19-3)9-11-21-17)13-7-6-8-14(12-13)20-5-2/h6-9,11-12,16,18H,4-5,10H2,1-3H3. The normalized spacial score (nSPS) is 12.1. The molecule has 1 N–H and O–H groups in total. The van der Waals surface area contributed by atoms with E-state index in [1.54, 1.807) is 18.4 Å². The highest BCUT2D eigenvalue weighted by atomic mass is 32.1. The molecule has 0 amide bonds. The van der Waals surface area contributed by atoms with Crippen molar-refractivity contribution in [3.05, 3.63) is 46.2 Å². The van der Waals surface area contributed by atoms with Crippen molar-refractivity contribution in [2.24, 2.45) is 0 Å². The van der Waals surface area contributed by atoms with Gasteiger partial charge in [-0.2, -0.15) is 0 Å². The molecule has 0 aliphatic heterocycles. The molecular weight excluding hydrogens is 282 g/mol. The third-order valence-electron chi connectivity index (χ3n) is 3.24. The first-order valence-electron chi connectivity index (χ1n) is 7.37. The molecule has 2 aromatic rings. The summed E-state index contributed by atoms with van der Waals surface area (Å²) in [5.74, 6) is 1.85. The van der Waals surface area contributed by atoms with Crippen molar-refractivity contribution in [2.45, 2.75) is 26.3 Å². The first kappa shape index (κ1) is 15.9. The van der Waals surface area contributed by atoms with Crippen molar-refractivity contribution in [3.63, 3.8) is 0 Å². The molecule has 0 saturated carbocycles. The summed E-state index contributed by atoms with van der Waals surface area (Å²) in [7, 11) is 1.72. The molecular formula is C17H23NO2S. The lowest BCUT2D eigenvalue weighted by molar-refractivity contribution is 0.339. The number of methoxy groups -OCH3 is 1. The zero-order valence-corrected chi connectivity index (χ0v) is 13.7. The molecule has 1 atom stereocenters. The van der Waals surface area contributed by atoms with Crippen molar-refractivity contribution in [3.8, 4) is 11.5 Å². The van der Waals surface area contributed by atoms with E-state index in [1.165, 1.54) is 10.4 Å². The average Bonchev–Trinajstić information content (AvgIpc) is 2.97. The van der Waals surface area contributed by atoms with E-state index in [2.05, 4.69) is 29.8 Å². The quantitative estimate of drug-likeness (QED) is 0.791. The van der Waals surface area contributed by atoms with Gasteiger partial charge in [0.1, 0.15) is 11.5 Å². The number of thiophene rings is 1. The Bertz CT molecular complexity index is 553. The minimum atomic E-state index is 0.139. The van der Waals surface area contributed by atoms with Gasteiger partial charge < -0.3 is 14.8 Å². The van der Waals surface area contributed by atoms with Gasteiger partial charge in [0.05, 0.1) is 24.6 Å². The molecule has 0 aliphatic rings. The van der Waals surface area contributed by atoms with Gasteiger partial charge in [0.25, 0.3) is 0 Å². The topological polar surface area (TPSA) is 30.5 Å². The smallest absolute Gasteiger partial charge is 0.134 e. The molecule has 1 aromatic heterocycles. The van der Waals surface area contributed by atoms with Crippen molar-refractivity contribution >= 4 is 11.3 Å². The average molecular weight is 305 g/mol. The third-order valence-corrected chi connectivity index (χ3v) is 4.20. The highest BCUT2D eigenvalue weighted by Gasteiger charge is 2.19. The van der Waals surface area contributed by atoms with E-state index in [0.717, 1.165) is 24.5 Å². The number of benzene rings is 1. The monoisotopic (exact) mass is 305 g/mol. The minimum Gasteiger partial charge on any atom is -0.496 e. The van der Waals surface area contributed by atoms with Gasteiger partial charge in [0.2, 0.25) is 0 Å². The Morgan fingerprint density at radius 2 is 2.10 bits per heavy atom. The van der Waals surface area contributed by atoms with Gasteiger partial charge >= 0.3 is 0 Å². The van der Waals surface area contributed by atoms with E-state index in [0.29, 0.717) is 6.61 Å². The molecule has 3 nitrogen and oxygen atoms in total. The highest BCUT2D eigenvalue weighted by Crippen LogP contribution is 2.35. The Hall–Kier alpha value is -1.52. The Balaban J connectivity index is 2.33. The first-order valence-corrected chi connectivity index (χ1v) is 8.25. The Morgan fingerprint density at radius 1 is 1.24 bits per heavy atom. The predicted octanol–water partition coefficient (Wildman–Crippen LogP) is 4.24. The maximum atomic E-state index is 5.62. The van der Waals surface area contributed by atoms with Gasteiger partial charge in [-0.1, -0.05) is 19.1 Å². The summed E-state index contributed by atoms with van der Waals surface area (Å²) in [5.41, 5.74) is 1.20. The molecule has 114 valence electrons. The number of rotatable bonds is 8. The summed E-state index contributed by atoms with van der Waals surface area (Å²) in [5, 5.41) is 5.68. The second kappa shape index (κ2) is 8.05. The molecule has 1 unspecified atom stereocenters. The summed E-state index contributed by atoms with van der Waals surface area (Å²) in [6.45, 7) is 5.82. The number of hydrogen-bond acceptors (Lipinski definition) is 4. The molecule has 2 rings (SSSR count). The SMILES string of the molecule is CCCNC(c1cccc(OCC)c1)c1sccc1OC. The predicted molar refractivity (Wildman–Crippen MR) is 88.6 cm³/mol. The van der Waals surface area contributed by atoms with Crippen LogP contribution in [0.1, 0.15) is 36.8 Å². The molecule has 0 aliphatic carbocycles. The second-order valence-corrected chi connectivity index (χ2v) is 5.69. The van der Waals surface area contributed by atoms with Crippen molar-refractivity contribution in [1.29, 1.82) is 0 Å². The maximum absolute atomic E-state index is 5.62. The van der Waals surface area contributed by atoms with Crippen LogP contribution in [0.3, 0.4) is 0 Å². The minimum absolute atomic E-state index is 0.139. The van der Waals surface area contributed by atoms with Crippen LogP contribution < -0.4 is 14.8 Å². The Kier molecular flexibility index (Phi) is 6.08. The number of nitrogens with one attached hydrogen (secondary N) is 1. The maximum Gasteiger partial charge on any atom is 0.134 e. The molecule has 0 bridgehead atoms. The summed E-state index contributed by atoms with van der Waals surface area (Å²) < 4.78 is 11.1. The van der Waals surface area contributed by atoms with Crippen molar-refractivity contribution < 1.29 is 9.47 Å². The highest BCUT2D eigenvalue weighted by molar-refractivity contribution is 7.10. The fourth-order valence-corrected chi connectivity index (χ4v) is 3.25. The zero-order chi connectivity index (χ0) is 15.1. The van der Waals surface area contributed by atoms with E-state index >= 15 is 0 Å². The van der Waals surface area contributed by atoms with E-state index in [9.17, 15) is 0 Å². The Labute approximate surface area is 130 Å². The summed E-state index contributed by atoms with van der Waals surface area (Å²) in [4.78, 5) is 1.21. The van der Waals surface area contributed by atoms with E-state index in [-0.39, 0.29) is 6.04 Å². The van der Waals surface area contributed by atoms with Gasteiger partial charge in [-0.05, 0) is 49.0 Å². The molecule has 0 spiro atoms. The van der Waals surface area contributed by atoms with Crippen LogP contribution >= 0.6 is 11.3 Å². The largest absolute Gasteiger partial charge is 0.496 e. The van der Waals surface area contributed by atoms with E-state index in [4.69, 9.17) is 9.47 Å². The van der Waals surface area contributed by atoms with Crippen molar-refractivity contribution in [2.75, 3.05) is 20.3 Å². The van der Waals surface area contributed by atoms with Gasteiger partial charge in [-0.3, -0.25) is 0 Å². The number of ether oxygens (including phenoxy) is 2. The summed E-state index contributed by atoms with van der Waals surface area (Å²) in [6.07, 6.45) is 1.09. The van der Waals surface area contributed by atoms with Crippen LogP contribution in [0, 0.1) is 0 Å². The molecule has 1 aromatic carbocycles. The summed E-state index contributed by atoms with van der Waals surface area (Å²) >= 11 is 1.72. The first-order chi connectivity index (χ1) is 10.3. The molecule has 0 saturated heterocycles. The van der Waals surface area contributed by atoms with Crippen LogP contribution in [-0.4, -0.2) is 20.3 Å². The van der Waals surface area contributed by atoms with Gasteiger partial charge in [0, 0.05) is 0 Å². The van der Waals surface area contributed by atoms with Crippen LogP contribution in [0.25, 0.3) is 0 Å². The van der Waals surface area contributed by atoms with Crippen molar-refractivity contribution in [1.82, 2.24) is 5.32 Å². The van der Waals surface area contributed by atoms with Crippen LogP contribution in [-0.2, 0) is 0 Å². The molecule has 21 heavy (non-hydrogen) atoms. The molecule has 1 heterocycles. The van der Waals surface area contributed by atoms with Crippen LogP contribution in [0.5, 0.6) is 11.5 Å². The molecule has 0 radical (unpaired) electrons. The van der Waals surface area contributed by atoms with E-state index < -0.39 is 0 Å². The third kappa shape index (κ3) is 3.99.